The smallest absolute Gasteiger partial charge is 0.291 e. The van der Waals surface area contributed by atoms with Crippen molar-refractivity contribution in [3.8, 4) is 5.95 Å². The van der Waals surface area contributed by atoms with Crippen LogP contribution in [0.25, 0.3) is 0 Å². The zero-order valence-corrected chi connectivity index (χ0v) is 21.5. The molecule has 1 aliphatic heterocycles. The standard InChI is InChI=1S/C28H42O5/c1-16-9-10-21-27(6,13-12-23-28(21,7)14-11-22(33-23)26(4,5)30)20(16)15-19-24(29)17(2)18(3)32-25(19)31-8/h20-23,30H,1,9-15H2,2-8H3. The van der Waals surface area contributed by atoms with Crippen LogP contribution in [0.3, 0.4) is 0 Å². The number of rotatable bonds is 4. The normalized spacial score (nSPS) is 36.8. The van der Waals surface area contributed by atoms with Crippen LogP contribution < -0.4 is 10.2 Å². The molecule has 1 aromatic rings. The van der Waals surface area contributed by atoms with Crippen molar-refractivity contribution in [3.63, 3.8) is 0 Å². The van der Waals surface area contributed by atoms with Crippen LogP contribution in [0.4, 0.5) is 0 Å². The van der Waals surface area contributed by atoms with Crippen LogP contribution in [0.15, 0.2) is 21.4 Å². The molecule has 6 unspecified atom stereocenters. The van der Waals surface area contributed by atoms with E-state index in [0.29, 0.717) is 35.2 Å². The van der Waals surface area contributed by atoms with Gasteiger partial charge in [-0.15, -0.1) is 0 Å². The van der Waals surface area contributed by atoms with Gasteiger partial charge in [-0.05, 0) is 95.3 Å². The topological polar surface area (TPSA) is 68.9 Å². The molecule has 2 aliphatic carbocycles. The minimum Gasteiger partial charge on any atom is -0.468 e. The van der Waals surface area contributed by atoms with E-state index in [1.165, 1.54) is 5.57 Å². The molecule has 5 heteroatoms. The van der Waals surface area contributed by atoms with Gasteiger partial charge in [0.15, 0.2) is 5.43 Å². The van der Waals surface area contributed by atoms with Crippen molar-refractivity contribution in [3.05, 3.63) is 39.3 Å². The molecule has 6 atom stereocenters. The second-order valence-electron chi connectivity index (χ2n) is 11.9. The van der Waals surface area contributed by atoms with Crippen molar-refractivity contribution in [2.24, 2.45) is 22.7 Å². The summed E-state index contributed by atoms with van der Waals surface area (Å²) < 4.78 is 17.9. The first-order chi connectivity index (χ1) is 15.3. The first-order valence-corrected chi connectivity index (χ1v) is 12.6. The maximum Gasteiger partial charge on any atom is 0.291 e. The van der Waals surface area contributed by atoms with Crippen molar-refractivity contribution in [2.75, 3.05) is 7.11 Å². The van der Waals surface area contributed by atoms with Gasteiger partial charge in [-0.2, -0.15) is 0 Å². The van der Waals surface area contributed by atoms with Gasteiger partial charge >= 0.3 is 0 Å². The number of methoxy groups -OCH3 is 1. The van der Waals surface area contributed by atoms with E-state index in [9.17, 15) is 9.90 Å². The third kappa shape index (κ3) is 3.89. The first-order valence-electron chi connectivity index (χ1n) is 12.6. The maximum atomic E-state index is 13.2. The number of aryl methyl sites for hydroxylation is 1. The molecule has 0 radical (unpaired) electrons. The van der Waals surface area contributed by atoms with Crippen molar-refractivity contribution in [1.82, 2.24) is 0 Å². The van der Waals surface area contributed by atoms with Crippen LogP contribution in [0.5, 0.6) is 5.95 Å². The highest BCUT2D eigenvalue weighted by Crippen LogP contribution is 2.64. The average molecular weight is 459 g/mol. The predicted molar refractivity (Wildman–Crippen MR) is 130 cm³/mol. The largest absolute Gasteiger partial charge is 0.468 e. The molecule has 0 bridgehead atoms. The Morgan fingerprint density at radius 3 is 2.45 bits per heavy atom. The lowest BCUT2D eigenvalue weighted by atomic mass is 9.44. The summed E-state index contributed by atoms with van der Waals surface area (Å²) in [7, 11) is 1.57. The monoisotopic (exact) mass is 458 g/mol. The Labute approximate surface area is 198 Å². The fourth-order valence-electron chi connectivity index (χ4n) is 7.44. The third-order valence-electron chi connectivity index (χ3n) is 9.61. The van der Waals surface area contributed by atoms with Gasteiger partial charge in [0.05, 0.1) is 30.5 Å². The molecule has 0 amide bonds. The lowest BCUT2D eigenvalue weighted by Crippen LogP contribution is -2.61. The van der Waals surface area contributed by atoms with E-state index in [2.05, 4.69) is 20.4 Å². The van der Waals surface area contributed by atoms with Crippen LogP contribution >= 0.6 is 0 Å². The number of hydrogen-bond donors (Lipinski definition) is 1. The molecule has 0 spiro atoms. The van der Waals surface area contributed by atoms with E-state index >= 15 is 0 Å². The van der Waals surface area contributed by atoms with Gasteiger partial charge < -0.3 is 19.0 Å². The van der Waals surface area contributed by atoms with Gasteiger partial charge in [0.1, 0.15) is 5.76 Å². The number of aliphatic hydroxyl groups is 1. The number of ether oxygens (including phenoxy) is 2. The van der Waals surface area contributed by atoms with E-state index in [1.54, 1.807) is 7.11 Å². The summed E-state index contributed by atoms with van der Waals surface area (Å²) in [6.45, 7) is 16.6. The van der Waals surface area contributed by atoms with Gasteiger partial charge in [-0.25, -0.2) is 0 Å². The van der Waals surface area contributed by atoms with Crippen molar-refractivity contribution < 1.29 is 19.0 Å². The summed E-state index contributed by atoms with van der Waals surface area (Å²) >= 11 is 0. The Hall–Kier alpha value is -1.59. The first kappa shape index (κ1) is 24.5. The summed E-state index contributed by atoms with van der Waals surface area (Å²) in [5.74, 6) is 1.63. The van der Waals surface area contributed by atoms with Crippen LogP contribution in [0.1, 0.15) is 83.1 Å². The lowest BCUT2D eigenvalue weighted by molar-refractivity contribution is -0.236. The molecular weight excluding hydrogens is 416 g/mol. The number of fused-ring (bicyclic) bond motifs is 3. The molecule has 1 saturated heterocycles. The summed E-state index contributed by atoms with van der Waals surface area (Å²) in [6.07, 6.45) is 6.66. The Bertz CT molecular complexity index is 985. The molecule has 1 aromatic heterocycles. The molecule has 2 heterocycles. The van der Waals surface area contributed by atoms with Crippen LogP contribution in [0, 0.1) is 36.5 Å². The van der Waals surface area contributed by atoms with Crippen LogP contribution in [-0.2, 0) is 11.2 Å². The zero-order chi connectivity index (χ0) is 24.3. The highest BCUT2D eigenvalue weighted by atomic mass is 16.6. The molecule has 33 heavy (non-hydrogen) atoms. The Morgan fingerprint density at radius 2 is 1.82 bits per heavy atom. The molecule has 184 valence electrons. The molecule has 1 N–H and O–H groups in total. The quantitative estimate of drug-likeness (QED) is 0.602. The highest BCUT2D eigenvalue weighted by Gasteiger charge is 2.60. The van der Waals surface area contributed by atoms with Gasteiger partial charge in [-0.1, -0.05) is 26.0 Å². The van der Waals surface area contributed by atoms with E-state index in [1.807, 2.05) is 27.7 Å². The van der Waals surface area contributed by atoms with Crippen LogP contribution in [0.2, 0.25) is 0 Å². The fraction of sp³-hybridized carbons (Fsp3) is 0.750. The van der Waals surface area contributed by atoms with Gasteiger partial charge in [0, 0.05) is 5.56 Å². The molecular formula is C28H42O5. The van der Waals surface area contributed by atoms with Gasteiger partial charge in [0.2, 0.25) is 0 Å². The Kier molecular flexibility index (Phi) is 6.14. The van der Waals surface area contributed by atoms with E-state index < -0.39 is 5.60 Å². The molecule has 4 rings (SSSR count). The molecule has 3 fully saturated rings. The van der Waals surface area contributed by atoms with Gasteiger partial charge in [-0.3, -0.25) is 4.79 Å². The molecule has 2 saturated carbocycles. The molecule has 0 aromatic carbocycles. The van der Waals surface area contributed by atoms with Crippen LogP contribution in [-0.4, -0.2) is 30.0 Å². The minimum atomic E-state index is -0.820. The zero-order valence-electron chi connectivity index (χ0n) is 21.5. The SMILES string of the molecule is C=C1CCC2C3(C)CCC(C(C)(C)O)OC3CCC2(C)C1Cc1c(OC)oc(C)c(C)c1=O. The summed E-state index contributed by atoms with van der Waals surface area (Å²) in [5.41, 5.74) is 1.84. The van der Waals surface area contributed by atoms with Crippen molar-refractivity contribution in [2.45, 2.75) is 104 Å². The second kappa shape index (κ2) is 8.27. The van der Waals surface area contributed by atoms with Gasteiger partial charge in [0.25, 0.3) is 5.95 Å². The Balaban J connectivity index is 1.68. The lowest BCUT2D eigenvalue weighted by Gasteiger charge is -2.63. The maximum absolute atomic E-state index is 13.2. The third-order valence-corrected chi connectivity index (χ3v) is 9.61. The number of allylic oxidation sites excluding steroid dienone is 1. The minimum absolute atomic E-state index is 0.0295. The highest BCUT2D eigenvalue weighted by molar-refractivity contribution is 5.33. The molecule has 5 nitrogen and oxygen atoms in total. The van der Waals surface area contributed by atoms with Crippen molar-refractivity contribution >= 4 is 0 Å². The van der Waals surface area contributed by atoms with E-state index in [4.69, 9.17) is 13.9 Å². The fourth-order valence-corrected chi connectivity index (χ4v) is 7.44. The van der Waals surface area contributed by atoms with Crippen molar-refractivity contribution in [1.29, 1.82) is 0 Å². The summed E-state index contributed by atoms with van der Waals surface area (Å²) in [5, 5.41) is 10.6. The second-order valence-corrected chi connectivity index (χ2v) is 11.9. The van der Waals surface area contributed by atoms with E-state index in [0.717, 1.165) is 38.5 Å². The summed E-state index contributed by atoms with van der Waals surface area (Å²) in [6, 6.07) is 0. The Morgan fingerprint density at radius 1 is 1.15 bits per heavy atom. The average Bonchev–Trinajstić information content (AvgIpc) is 2.74. The molecule has 3 aliphatic rings. The predicted octanol–water partition coefficient (Wildman–Crippen LogP) is 5.52. The van der Waals surface area contributed by atoms with E-state index in [-0.39, 0.29) is 34.4 Å². The number of hydrogen-bond acceptors (Lipinski definition) is 5. The summed E-state index contributed by atoms with van der Waals surface area (Å²) in [4.78, 5) is 13.2.